The minimum absolute atomic E-state index is 0.250. The summed E-state index contributed by atoms with van der Waals surface area (Å²) in [6.45, 7) is 1.98. The summed E-state index contributed by atoms with van der Waals surface area (Å²) in [6, 6.07) is 32.6. The second-order valence-corrected chi connectivity index (χ2v) is 8.64. The van der Waals surface area contributed by atoms with Crippen LogP contribution in [-0.4, -0.2) is 30.1 Å². The first-order chi connectivity index (χ1) is 19.1. The smallest absolute Gasteiger partial charge is 0.338 e. The van der Waals surface area contributed by atoms with Gasteiger partial charge in [-0.3, -0.25) is 15.0 Å². The van der Waals surface area contributed by atoms with Gasteiger partial charge in [0.1, 0.15) is 0 Å². The van der Waals surface area contributed by atoms with Crippen LogP contribution in [0, 0.1) is 0 Å². The van der Waals surface area contributed by atoms with E-state index >= 15 is 0 Å². The molecule has 7 heteroatoms. The van der Waals surface area contributed by atoms with Crippen molar-refractivity contribution in [1.82, 2.24) is 5.43 Å². The molecule has 1 N–H and O–H groups in total. The number of hydrazone groups is 1. The van der Waals surface area contributed by atoms with Crippen molar-refractivity contribution < 1.29 is 19.1 Å². The highest BCUT2D eigenvalue weighted by atomic mass is 16.5. The molecule has 0 spiro atoms. The Labute approximate surface area is 226 Å². The van der Waals surface area contributed by atoms with Gasteiger partial charge >= 0.3 is 5.97 Å². The summed E-state index contributed by atoms with van der Waals surface area (Å²) in [5.74, 6) is -1.43. The van der Waals surface area contributed by atoms with Crippen LogP contribution >= 0.6 is 0 Å². The van der Waals surface area contributed by atoms with Gasteiger partial charge in [0.2, 0.25) is 0 Å². The summed E-state index contributed by atoms with van der Waals surface area (Å²) in [5, 5.41) is 4.61. The molecular formula is C32H25N3O4. The zero-order valence-electron chi connectivity index (χ0n) is 21.2. The Morgan fingerprint density at radius 2 is 1.31 bits per heavy atom. The lowest BCUT2D eigenvalue weighted by atomic mass is 9.93. The summed E-state index contributed by atoms with van der Waals surface area (Å²) < 4.78 is 5.03. The standard InChI is InChI=1S/C32H25N3O4/c1-2-39-32(38)24-17-19-25(20-18-24)35-30(36)27-16-10-9-15-26(27)28(31(35)37)21-33-34-29(22-11-5-3-6-12-22)23-13-7-4-8-14-23/h3-21,33H,2H2,1H3/b28-21+. The van der Waals surface area contributed by atoms with E-state index in [2.05, 4.69) is 10.5 Å². The van der Waals surface area contributed by atoms with Crippen molar-refractivity contribution in [2.45, 2.75) is 6.92 Å². The highest BCUT2D eigenvalue weighted by Crippen LogP contribution is 2.32. The Hall–Kier alpha value is -5.30. The third-order valence-corrected chi connectivity index (χ3v) is 6.20. The zero-order chi connectivity index (χ0) is 27.2. The summed E-state index contributed by atoms with van der Waals surface area (Å²) in [4.78, 5) is 40.2. The van der Waals surface area contributed by atoms with Crippen LogP contribution in [0.4, 0.5) is 5.69 Å². The molecule has 0 atom stereocenters. The molecule has 0 saturated heterocycles. The molecule has 4 aromatic rings. The molecule has 1 aliphatic heterocycles. The topological polar surface area (TPSA) is 88.1 Å². The Balaban J connectivity index is 1.52. The van der Waals surface area contributed by atoms with E-state index in [1.807, 2.05) is 60.7 Å². The van der Waals surface area contributed by atoms with E-state index in [1.54, 1.807) is 43.3 Å². The van der Waals surface area contributed by atoms with Gasteiger partial charge in [-0.1, -0.05) is 78.9 Å². The lowest BCUT2D eigenvalue weighted by Gasteiger charge is -2.28. The average molecular weight is 516 g/mol. The maximum Gasteiger partial charge on any atom is 0.338 e. The van der Waals surface area contributed by atoms with Gasteiger partial charge in [0, 0.05) is 28.5 Å². The molecule has 4 aromatic carbocycles. The van der Waals surface area contributed by atoms with Crippen LogP contribution in [0.5, 0.6) is 0 Å². The fourth-order valence-corrected chi connectivity index (χ4v) is 4.34. The molecule has 0 unspecified atom stereocenters. The highest BCUT2D eigenvalue weighted by molar-refractivity contribution is 6.41. The van der Waals surface area contributed by atoms with E-state index in [4.69, 9.17) is 4.74 Å². The normalized spacial score (nSPS) is 13.6. The lowest BCUT2D eigenvalue weighted by molar-refractivity contribution is -0.112. The molecule has 7 nitrogen and oxygen atoms in total. The monoisotopic (exact) mass is 515 g/mol. The summed E-state index contributed by atoms with van der Waals surface area (Å²) in [5.41, 5.74) is 7.32. The second kappa shape index (κ2) is 11.4. The number of nitrogens with one attached hydrogen (secondary N) is 1. The lowest BCUT2D eigenvalue weighted by Crippen LogP contribution is -2.42. The van der Waals surface area contributed by atoms with Crippen LogP contribution in [0.2, 0.25) is 0 Å². The third-order valence-electron chi connectivity index (χ3n) is 6.20. The minimum atomic E-state index is -0.508. The Morgan fingerprint density at radius 1 is 0.744 bits per heavy atom. The number of hydrogen-bond acceptors (Lipinski definition) is 6. The molecule has 2 amide bonds. The zero-order valence-corrected chi connectivity index (χ0v) is 21.2. The Bertz CT molecular complexity index is 1540. The molecule has 0 radical (unpaired) electrons. The molecule has 1 heterocycles. The van der Waals surface area contributed by atoms with Crippen molar-refractivity contribution in [3.05, 3.63) is 143 Å². The molecule has 0 aromatic heterocycles. The first-order valence-corrected chi connectivity index (χ1v) is 12.5. The van der Waals surface area contributed by atoms with Crippen LogP contribution in [0.25, 0.3) is 5.57 Å². The van der Waals surface area contributed by atoms with E-state index < -0.39 is 17.8 Å². The summed E-state index contributed by atoms with van der Waals surface area (Å²) in [7, 11) is 0. The molecule has 0 fully saturated rings. The van der Waals surface area contributed by atoms with Gasteiger partial charge in [0.05, 0.1) is 29.1 Å². The van der Waals surface area contributed by atoms with Gasteiger partial charge < -0.3 is 4.74 Å². The first-order valence-electron chi connectivity index (χ1n) is 12.5. The third kappa shape index (κ3) is 5.24. The number of rotatable bonds is 7. The number of ether oxygens (including phenoxy) is 1. The number of esters is 1. The number of hydrogen-bond donors (Lipinski definition) is 1. The fourth-order valence-electron chi connectivity index (χ4n) is 4.34. The van der Waals surface area contributed by atoms with E-state index in [0.29, 0.717) is 28.1 Å². The van der Waals surface area contributed by atoms with Gasteiger partial charge in [0.25, 0.3) is 11.8 Å². The number of imide groups is 1. The van der Waals surface area contributed by atoms with Crippen LogP contribution in [0.3, 0.4) is 0 Å². The highest BCUT2D eigenvalue weighted by Gasteiger charge is 2.35. The van der Waals surface area contributed by atoms with Gasteiger partial charge in [-0.25, -0.2) is 9.69 Å². The number of anilines is 1. The van der Waals surface area contributed by atoms with E-state index in [9.17, 15) is 14.4 Å². The van der Waals surface area contributed by atoms with Crippen LogP contribution in [0.1, 0.15) is 44.3 Å². The quantitative estimate of drug-likeness (QED) is 0.117. The molecular weight excluding hydrogens is 490 g/mol. The maximum absolute atomic E-state index is 13.7. The van der Waals surface area contributed by atoms with E-state index in [0.717, 1.165) is 16.0 Å². The summed E-state index contributed by atoms with van der Waals surface area (Å²) in [6.07, 6.45) is 1.51. The largest absolute Gasteiger partial charge is 0.462 e. The molecule has 1 aliphatic rings. The summed E-state index contributed by atoms with van der Waals surface area (Å²) >= 11 is 0. The van der Waals surface area contributed by atoms with Gasteiger partial charge in [-0.05, 0) is 37.3 Å². The van der Waals surface area contributed by atoms with Gasteiger partial charge in [0.15, 0.2) is 0 Å². The molecule has 192 valence electrons. The predicted molar refractivity (Wildman–Crippen MR) is 150 cm³/mol. The molecule has 0 saturated carbocycles. The number of nitrogens with zero attached hydrogens (tertiary/aromatic N) is 2. The van der Waals surface area contributed by atoms with Gasteiger partial charge in [-0.15, -0.1) is 0 Å². The number of fused-ring (bicyclic) bond motifs is 1. The second-order valence-electron chi connectivity index (χ2n) is 8.64. The average Bonchev–Trinajstić information content (AvgIpc) is 2.98. The van der Waals surface area contributed by atoms with Crippen molar-refractivity contribution in [3.8, 4) is 0 Å². The van der Waals surface area contributed by atoms with Gasteiger partial charge in [-0.2, -0.15) is 5.10 Å². The van der Waals surface area contributed by atoms with Crippen molar-refractivity contribution in [2.75, 3.05) is 11.5 Å². The number of carbonyl (C=O) groups excluding carboxylic acids is 3. The Morgan fingerprint density at radius 3 is 1.90 bits per heavy atom. The minimum Gasteiger partial charge on any atom is -0.462 e. The van der Waals surface area contributed by atoms with Crippen molar-refractivity contribution >= 4 is 34.8 Å². The van der Waals surface area contributed by atoms with Crippen LogP contribution in [-0.2, 0) is 9.53 Å². The molecule has 0 aliphatic carbocycles. The predicted octanol–water partition coefficient (Wildman–Crippen LogP) is 5.43. The SMILES string of the molecule is CCOC(=O)c1ccc(N2C(=O)/C(=C/NN=C(c3ccccc3)c3ccccc3)c3ccccc3C2=O)cc1. The van der Waals surface area contributed by atoms with Crippen molar-refractivity contribution in [3.63, 3.8) is 0 Å². The van der Waals surface area contributed by atoms with E-state index in [-0.39, 0.29) is 12.2 Å². The fraction of sp³-hybridized carbons (Fsp3) is 0.0625. The number of benzene rings is 4. The number of amides is 2. The number of carbonyl (C=O) groups is 3. The maximum atomic E-state index is 13.7. The van der Waals surface area contributed by atoms with Crippen molar-refractivity contribution in [2.24, 2.45) is 5.10 Å². The molecule has 0 bridgehead atoms. The molecule has 39 heavy (non-hydrogen) atoms. The van der Waals surface area contributed by atoms with Crippen LogP contribution in [0.15, 0.2) is 120 Å². The van der Waals surface area contributed by atoms with E-state index in [1.165, 1.54) is 18.3 Å². The van der Waals surface area contributed by atoms with Crippen LogP contribution < -0.4 is 10.3 Å². The Kier molecular flexibility index (Phi) is 7.41. The molecule has 5 rings (SSSR count). The van der Waals surface area contributed by atoms with Crippen molar-refractivity contribution in [1.29, 1.82) is 0 Å². The first kappa shape index (κ1) is 25.4.